The maximum Gasteiger partial charge on any atom is 0.118 e. The van der Waals surface area contributed by atoms with E-state index in [4.69, 9.17) is 22.9 Å². The van der Waals surface area contributed by atoms with Crippen LogP contribution in [0.3, 0.4) is 0 Å². The molecule has 0 radical (unpaired) electrons. The van der Waals surface area contributed by atoms with Crippen LogP contribution in [0.5, 0.6) is 0 Å². The van der Waals surface area contributed by atoms with E-state index in [0.717, 1.165) is 52.4 Å². The molecule has 2 aliphatic rings. The van der Waals surface area contributed by atoms with Crippen molar-refractivity contribution >= 4 is 0 Å². The standard InChI is InChI=1S/C8H20N4.C6H16N4/c1-7(8(10)6-9)12-4-2-11-3-5-12;1-6(7,8)10-4-2-9-3-5-10/h7-8,11H,2-6,9-10H2,1H3;9H,2-5,7-8H2,1H3. The van der Waals surface area contributed by atoms with Gasteiger partial charge in [-0.1, -0.05) is 0 Å². The van der Waals surface area contributed by atoms with E-state index in [9.17, 15) is 0 Å². The predicted molar refractivity (Wildman–Crippen MR) is 92.2 cm³/mol. The summed E-state index contributed by atoms with van der Waals surface area (Å²) < 4.78 is 0. The maximum absolute atomic E-state index is 5.86. The van der Waals surface area contributed by atoms with Crippen LogP contribution in [0.2, 0.25) is 0 Å². The molecule has 0 saturated carbocycles. The average Bonchev–Trinajstić information content (AvgIpc) is 2.55. The van der Waals surface area contributed by atoms with E-state index in [2.05, 4.69) is 27.4 Å². The van der Waals surface area contributed by atoms with Crippen molar-refractivity contribution in [3.05, 3.63) is 0 Å². The van der Waals surface area contributed by atoms with Crippen LogP contribution in [0.15, 0.2) is 0 Å². The van der Waals surface area contributed by atoms with Gasteiger partial charge in [-0.15, -0.1) is 0 Å². The van der Waals surface area contributed by atoms with Gasteiger partial charge in [-0.05, 0) is 13.8 Å². The molecule has 132 valence electrons. The fraction of sp³-hybridized carbons (Fsp3) is 1.00. The van der Waals surface area contributed by atoms with Gasteiger partial charge >= 0.3 is 0 Å². The lowest BCUT2D eigenvalue weighted by Gasteiger charge is -2.37. The highest BCUT2D eigenvalue weighted by atomic mass is 15.4. The van der Waals surface area contributed by atoms with Crippen molar-refractivity contribution in [1.29, 1.82) is 0 Å². The Morgan fingerprint density at radius 1 is 1.00 bits per heavy atom. The van der Waals surface area contributed by atoms with Crippen LogP contribution in [0.4, 0.5) is 0 Å². The first-order chi connectivity index (χ1) is 10.4. The van der Waals surface area contributed by atoms with E-state index in [1.807, 2.05) is 6.92 Å². The van der Waals surface area contributed by atoms with Gasteiger partial charge in [0.15, 0.2) is 0 Å². The van der Waals surface area contributed by atoms with Gasteiger partial charge in [0.25, 0.3) is 0 Å². The molecule has 2 atom stereocenters. The summed E-state index contributed by atoms with van der Waals surface area (Å²) in [6, 6.07) is 0.528. The van der Waals surface area contributed by atoms with Gasteiger partial charge in [-0.25, -0.2) is 0 Å². The number of nitrogens with zero attached hydrogens (tertiary/aromatic N) is 2. The second-order valence-electron chi connectivity index (χ2n) is 6.39. The first-order valence-electron chi connectivity index (χ1n) is 8.30. The zero-order chi connectivity index (χ0) is 16.6. The summed E-state index contributed by atoms with van der Waals surface area (Å²) >= 11 is 0. The van der Waals surface area contributed by atoms with Gasteiger partial charge < -0.3 is 33.6 Å². The normalized spacial score (nSPS) is 24.3. The minimum atomic E-state index is -0.637. The zero-order valence-electron chi connectivity index (χ0n) is 14.2. The Labute approximate surface area is 134 Å². The molecule has 0 aliphatic carbocycles. The Bertz CT molecular complexity index is 281. The zero-order valence-corrected chi connectivity index (χ0v) is 14.2. The number of hydrogen-bond donors (Lipinski definition) is 6. The first kappa shape index (κ1) is 19.7. The lowest BCUT2D eigenvalue weighted by molar-refractivity contribution is 0.0988. The van der Waals surface area contributed by atoms with Gasteiger partial charge in [0, 0.05) is 71.0 Å². The second kappa shape index (κ2) is 9.74. The Balaban J connectivity index is 0.000000224. The molecule has 2 heterocycles. The van der Waals surface area contributed by atoms with Crippen LogP contribution in [0, 0.1) is 0 Å². The third-order valence-electron chi connectivity index (χ3n) is 4.42. The highest BCUT2D eigenvalue weighted by Crippen LogP contribution is 2.03. The molecule has 8 heteroatoms. The van der Waals surface area contributed by atoms with Crippen molar-refractivity contribution in [1.82, 2.24) is 20.4 Å². The first-order valence-corrected chi connectivity index (χ1v) is 8.30. The van der Waals surface area contributed by atoms with Gasteiger partial charge in [0.05, 0.1) is 0 Å². The molecule has 8 nitrogen and oxygen atoms in total. The molecule has 2 fully saturated rings. The van der Waals surface area contributed by atoms with E-state index >= 15 is 0 Å². The van der Waals surface area contributed by atoms with E-state index in [-0.39, 0.29) is 6.04 Å². The summed E-state index contributed by atoms with van der Waals surface area (Å²) in [5, 5.41) is 6.55. The molecule has 2 saturated heterocycles. The van der Waals surface area contributed by atoms with Crippen molar-refractivity contribution in [3.63, 3.8) is 0 Å². The van der Waals surface area contributed by atoms with Crippen molar-refractivity contribution in [2.75, 3.05) is 58.9 Å². The SMILES string of the molecule is CC(C(N)CN)N1CCNCC1.CC(N)(N)N1CCNCC1. The van der Waals surface area contributed by atoms with Crippen LogP contribution < -0.4 is 33.6 Å². The molecular formula is C14H36N8. The number of piperazine rings is 2. The number of nitrogens with one attached hydrogen (secondary N) is 2. The number of hydrogen-bond acceptors (Lipinski definition) is 8. The highest BCUT2D eigenvalue weighted by molar-refractivity contribution is 4.81. The van der Waals surface area contributed by atoms with Crippen molar-refractivity contribution in [3.8, 4) is 0 Å². The second-order valence-corrected chi connectivity index (χ2v) is 6.39. The molecule has 0 spiro atoms. The Hall–Kier alpha value is -0.320. The molecular weight excluding hydrogens is 280 g/mol. The molecule has 0 bridgehead atoms. The quantitative estimate of drug-likeness (QED) is 0.303. The summed E-state index contributed by atoms with van der Waals surface area (Å²) in [5.41, 5.74) is 22.7. The van der Waals surface area contributed by atoms with E-state index in [0.29, 0.717) is 12.6 Å². The van der Waals surface area contributed by atoms with E-state index in [1.165, 1.54) is 0 Å². The molecule has 0 aromatic heterocycles. The minimum Gasteiger partial charge on any atom is -0.329 e. The average molecular weight is 316 g/mol. The summed E-state index contributed by atoms with van der Waals surface area (Å²) in [6.07, 6.45) is 0. The van der Waals surface area contributed by atoms with Gasteiger partial charge in [-0.3, -0.25) is 9.80 Å². The van der Waals surface area contributed by atoms with Crippen LogP contribution in [0.1, 0.15) is 13.8 Å². The number of nitrogens with two attached hydrogens (primary N) is 4. The van der Waals surface area contributed by atoms with E-state index in [1.54, 1.807) is 0 Å². The van der Waals surface area contributed by atoms with Crippen LogP contribution in [0.25, 0.3) is 0 Å². The molecule has 10 N–H and O–H groups in total. The van der Waals surface area contributed by atoms with Crippen LogP contribution in [-0.2, 0) is 0 Å². The smallest absolute Gasteiger partial charge is 0.118 e. The molecule has 0 aromatic rings. The lowest BCUT2D eigenvalue weighted by Crippen LogP contribution is -2.64. The minimum absolute atomic E-state index is 0.114. The van der Waals surface area contributed by atoms with Gasteiger partial charge in [0.2, 0.25) is 0 Å². The molecule has 0 amide bonds. The molecule has 0 aromatic carbocycles. The van der Waals surface area contributed by atoms with Crippen LogP contribution >= 0.6 is 0 Å². The fourth-order valence-electron chi connectivity index (χ4n) is 2.70. The molecule has 2 rings (SSSR count). The molecule has 22 heavy (non-hydrogen) atoms. The third kappa shape index (κ3) is 6.84. The third-order valence-corrected chi connectivity index (χ3v) is 4.42. The van der Waals surface area contributed by atoms with Crippen LogP contribution in [-0.4, -0.2) is 86.6 Å². The highest BCUT2D eigenvalue weighted by Gasteiger charge is 2.23. The molecule has 2 unspecified atom stereocenters. The van der Waals surface area contributed by atoms with E-state index < -0.39 is 5.79 Å². The number of rotatable bonds is 4. The monoisotopic (exact) mass is 316 g/mol. The largest absolute Gasteiger partial charge is 0.329 e. The lowest BCUT2D eigenvalue weighted by atomic mass is 10.1. The maximum atomic E-state index is 5.86. The topological polar surface area (TPSA) is 135 Å². The van der Waals surface area contributed by atoms with Gasteiger partial charge in [-0.2, -0.15) is 0 Å². The predicted octanol–water partition coefficient (Wildman–Crippen LogP) is -2.95. The Kier molecular flexibility index (Phi) is 8.73. The van der Waals surface area contributed by atoms with Gasteiger partial charge in [0.1, 0.15) is 5.79 Å². The summed E-state index contributed by atoms with van der Waals surface area (Å²) in [6.45, 7) is 12.8. The summed E-state index contributed by atoms with van der Waals surface area (Å²) in [5.74, 6) is -0.637. The fourth-order valence-corrected chi connectivity index (χ4v) is 2.70. The molecule has 2 aliphatic heterocycles. The summed E-state index contributed by atoms with van der Waals surface area (Å²) in [4.78, 5) is 4.47. The Morgan fingerprint density at radius 2 is 1.45 bits per heavy atom. The van der Waals surface area contributed by atoms with Crippen molar-refractivity contribution < 1.29 is 0 Å². The van der Waals surface area contributed by atoms with Crippen molar-refractivity contribution in [2.45, 2.75) is 31.7 Å². The Morgan fingerprint density at radius 3 is 1.82 bits per heavy atom. The van der Waals surface area contributed by atoms with Crippen molar-refractivity contribution in [2.24, 2.45) is 22.9 Å². The summed E-state index contributed by atoms with van der Waals surface area (Å²) in [7, 11) is 0.